The molecule has 0 aliphatic carbocycles. The van der Waals surface area contributed by atoms with Gasteiger partial charge in [0.25, 0.3) is 0 Å². The number of primary amides is 1. The van der Waals surface area contributed by atoms with Gasteiger partial charge in [0, 0.05) is 0 Å². The largest absolute Gasteiger partial charge is 0.465 e. The maximum atomic E-state index is 11.5. The van der Waals surface area contributed by atoms with Gasteiger partial charge in [0.1, 0.15) is 5.54 Å². The van der Waals surface area contributed by atoms with Crippen molar-refractivity contribution in [1.29, 1.82) is 0 Å². The summed E-state index contributed by atoms with van der Waals surface area (Å²) >= 11 is 0. The highest BCUT2D eigenvalue weighted by molar-refractivity contribution is 5.80. The minimum absolute atomic E-state index is 0.312. The van der Waals surface area contributed by atoms with Crippen molar-refractivity contribution in [3.05, 3.63) is 0 Å². The van der Waals surface area contributed by atoms with E-state index in [1.165, 1.54) is 0 Å². The molecule has 0 saturated heterocycles. The zero-order valence-electron chi connectivity index (χ0n) is 10.8. The van der Waals surface area contributed by atoms with Crippen molar-refractivity contribution < 1.29 is 14.3 Å². The van der Waals surface area contributed by atoms with Crippen molar-refractivity contribution in [2.45, 2.75) is 44.7 Å². The van der Waals surface area contributed by atoms with Crippen molar-refractivity contribution in [1.82, 2.24) is 5.32 Å². The molecular formula is C11H23N3O3. The number of rotatable bonds is 8. The number of ether oxygens (including phenoxy) is 1. The maximum absolute atomic E-state index is 11.5. The Balaban J connectivity index is 4.09. The van der Waals surface area contributed by atoms with Crippen LogP contribution in [0.4, 0.5) is 0 Å². The minimum Gasteiger partial charge on any atom is -0.465 e. The van der Waals surface area contributed by atoms with Crippen molar-refractivity contribution in [3.63, 3.8) is 0 Å². The lowest BCUT2D eigenvalue weighted by atomic mass is 9.94. The fourth-order valence-corrected chi connectivity index (χ4v) is 1.50. The quantitative estimate of drug-likeness (QED) is 0.500. The SMILES string of the molecule is CCOC(=O)C(C)(N)CCCC(NC)C(N)=O. The molecule has 0 aliphatic heterocycles. The summed E-state index contributed by atoms with van der Waals surface area (Å²) < 4.78 is 4.87. The van der Waals surface area contributed by atoms with Crippen LogP contribution in [0, 0.1) is 0 Å². The Hall–Kier alpha value is -1.14. The van der Waals surface area contributed by atoms with E-state index in [9.17, 15) is 9.59 Å². The van der Waals surface area contributed by atoms with Gasteiger partial charge < -0.3 is 21.5 Å². The summed E-state index contributed by atoms with van der Waals surface area (Å²) in [5.74, 6) is -0.817. The Kier molecular flexibility index (Phi) is 6.75. The average Bonchev–Trinajstić information content (AvgIpc) is 2.24. The first-order valence-corrected chi connectivity index (χ1v) is 5.77. The zero-order chi connectivity index (χ0) is 13.5. The number of carbonyl (C=O) groups excluding carboxylic acids is 2. The van der Waals surface area contributed by atoms with Gasteiger partial charge in [-0.15, -0.1) is 0 Å². The van der Waals surface area contributed by atoms with Crippen LogP contribution >= 0.6 is 0 Å². The molecule has 2 atom stereocenters. The van der Waals surface area contributed by atoms with Gasteiger partial charge in [0.2, 0.25) is 5.91 Å². The fourth-order valence-electron chi connectivity index (χ4n) is 1.50. The molecule has 0 heterocycles. The van der Waals surface area contributed by atoms with Gasteiger partial charge >= 0.3 is 5.97 Å². The first-order chi connectivity index (χ1) is 7.85. The molecule has 100 valence electrons. The summed E-state index contributed by atoms with van der Waals surface area (Å²) in [6.07, 6.45) is 1.63. The lowest BCUT2D eigenvalue weighted by Crippen LogP contribution is -2.46. The average molecular weight is 245 g/mol. The molecule has 6 heteroatoms. The van der Waals surface area contributed by atoms with Crippen LogP contribution in [0.15, 0.2) is 0 Å². The third-order valence-corrected chi connectivity index (χ3v) is 2.62. The molecule has 2 unspecified atom stereocenters. The first-order valence-electron chi connectivity index (χ1n) is 5.77. The molecule has 0 aromatic rings. The number of amides is 1. The van der Waals surface area contributed by atoms with Crippen LogP contribution < -0.4 is 16.8 Å². The Bertz CT molecular complexity index is 267. The summed E-state index contributed by atoms with van der Waals surface area (Å²) in [4.78, 5) is 22.4. The molecule has 0 aromatic heterocycles. The molecule has 1 amide bonds. The topological polar surface area (TPSA) is 107 Å². The predicted molar refractivity (Wildman–Crippen MR) is 65.1 cm³/mol. The summed E-state index contributed by atoms with van der Waals surface area (Å²) in [5, 5.41) is 2.81. The minimum atomic E-state index is -1.01. The molecule has 0 spiro atoms. The predicted octanol–water partition coefficient (Wildman–Crippen LogP) is -0.489. The molecule has 0 saturated carbocycles. The second kappa shape index (κ2) is 7.24. The third-order valence-electron chi connectivity index (χ3n) is 2.62. The second-order valence-corrected chi connectivity index (χ2v) is 4.27. The highest BCUT2D eigenvalue weighted by atomic mass is 16.5. The summed E-state index contributed by atoms with van der Waals surface area (Å²) in [7, 11) is 1.67. The van der Waals surface area contributed by atoms with Crippen molar-refractivity contribution in [2.75, 3.05) is 13.7 Å². The lowest BCUT2D eigenvalue weighted by Gasteiger charge is -2.22. The van der Waals surface area contributed by atoms with Crippen LogP contribution in [0.25, 0.3) is 0 Å². The van der Waals surface area contributed by atoms with Crippen LogP contribution in [0.3, 0.4) is 0 Å². The van der Waals surface area contributed by atoms with Gasteiger partial charge in [-0.2, -0.15) is 0 Å². The molecule has 0 aromatic carbocycles. The van der Waals surface area contributed by atoms with E-state index in [1.807, 2.05) is 0 Å². The molecule has 0 fully saturated rings. The highest BCUT2D eigenvalue weighted by Crippen LogP contribution is 2.13. The van der Waals surface area contributed by atoms with E-state index in [-0.39, 0.29) is 6.04 Å². The first kappa shape index (κ1) is 15.9. The molecule has 17 heavy (non-hydrogen) atoms. The number of hydrogen-bond donors (Lipinski definition) is 3. The van der Waals surface area contributed by atoms with E-state index in [2.05, 4.69) is 5.32 Å². The van der Waals surface area contributed by atoms with Crippen LogP contribution in [0.1, 0.15) is 33.1 Å². The Labute approximate surface area is 102 Å². The number of hydrogen-bond acceptors (Lipinski definition) is 5. The van der Waals surface area contributed by atoms with Crippen LogP contribution in [-0.2, 0) is 14.3 Å². The number of esters is 1. The maximum Gasteiger partial charge on any atom is 0.325 e. The Morgan fingerprint density at radius 3 is 2.47 bits per heavy atom. The smallest absolute Gasteiger partial charge is 0.325 e. The van der Waals surface area contributed by atoms with E-state index in [1.54, 1.807) is 20.9 Å². The normalized spacial score (nSPS) is 16.0. The summed E-state index contributed by atoms with van der Waals surface area (Å²) in [5.41, 5.74) is 10.0. The van der Waals surface area contributed by atoms with Gasteiger partial charge in [0.15, 0.2) is 0 Å². The zero-order valence-corrected chi connectivity index (χ0v) is 10.8. The van der Waals surface area contributed by atoms with Crippen molar-refractivity contribution >= 4 is 11.9 Å². The summed E-state index contributed by atoms with van der Waals surface area (Å²) in [6.45, 7) is 3.67. The van der Waals surface area contributed by atoms with Gasteiger partial charge in [0.05, 0.1) is 12.6 Å². The van der Waals surface area contributed by atoms with Crippen LogP contribution in [0.5, 0.6) is 0 Å². The number of likely N-dealkylation sites (N-methyl/N-ethyl adjacent to an activating group) is 1. The molecular weight excluding hydrogens is 222 g/mol. The Morgan fingerprint density at radius 1 is 1.47 bits per heavy atom. The number of nitrogens with two attached hydrogens (primary N) is 2. The van der Waals surface area contributed by atoms with Gasteiger partial charge in [-0.1, -0.05) is 0 Å². The third kappa shape index (κ3) is 5.65. The second-order valence-electron chi connectivity index (χ2n) is 4.27. The molecule has 6 nitrogen and oxygen atoms in total. The van der Waals surface area contributed by atoms with Gasteiger partial charge in [-0.05, 0) is 40.2 Å². The number of nitrogens with one attached hydrogen (secondary N) is 1. The number of carbonyl (C=O) groups is 2. The highest BCUT2D eigenvalue weighted by Gasteiger charge is 2.29. The monoisotopic (exact) mass is 245 g/mol. The standard InChI is InChI=1S/C11H23N3O3/c1-4-17-10(16)11(2,13)7-5-6-8(14-3)9(12)15/h8,14H,4-7,13H2,1-3H3,(H2,12,15). The van der Waals surface area contributed by atoms with E-state index in [4.69, 9.17) is 16.2 Å². The van der Waals surface area contributed by atoms with Crippen molar-refractivity contribution in [2.24, 2.45) is 11.5 Å². The van der Waals surface area contributed by atoms with Crippen molar-refractivity contribution in [3.8, 4) is 0 Å². The molecule has 0 aliphatic rings. The molecule has 0 radical (unpaired) electrons. The van der Waals surface area contributed by atoms with E-state index >= 15 is 0 Å². The molecule has 5 N–H and O–H groups in total. The van der Waals surface area contributed by atoms with Crippen LogP contribution in [-0.4, -0.2) is 37.1 Å². The van der Waals surface area contributed by atoms with Gasteiger partial charge in [-0.25, -0.2) is 0 Å². The van der Waals surface area contributed by atoms with Crippen LogP contribution in [0.2, 0.25) is 0 Å². The fraction of sp³-hybridized carbons (Fsp3) is 0.818. The molecule has 0 rings (SSSR count). The lowest BCUT2D eigenvalue weighted by molar-refractivity contribution is -0.149. The summed E-state index contributed by atoms with van der Waals surface area (Å²) in [6, 6.07) is -0.381. The van der Waals surface area contributed by atoms with E-state index in [0.717, 1.165) is 0 Å². The van der Waals surface area contributed by atoms with E-state index < -0.39 is 17.4 Å². The Morgan fingerprint density at radius 2 is 2.06 bits per heavy atom. The molecule has 0 bridgehead atoms. The van der Waals surface area contributed by atoms with Gasteiger partial charge in [-0.3, -0.25) is 9.59 Å². The van der Waals surface area contributed by atoms with E-state index in [0.29, 0.717) is 25.9 Å².